The molecule has 110 valence electrons. The minimum Gasteiger partial charge on any atom is -0.481 e. The molecule has 3 N–H and O–H groups in total. The summed E-state index contributed by atoms with van der Waals surface area (Å²) in [7, 11) is 0. The number of carboxylic acids is 1. The number of aliphatic carboxylic acids is 1. The van der Waals surface area contributed by atoms with E-state index < -0.39 is 23.7 Å². The van der Waals surface area contributed by atoms with Gasteiger partial charge in [0.1, 0.15) is 0 Å². The lowest BCUT2D eigenvalue weighted by atomic mass is 9.44. The number of halogens is 2. The summed E-state index contributed by atoms with van der Waals surface area (Å²) >= 11 is 0. The van der Waals surface area contributed by atoms with Crippen LogP contribution in [0.25, 0.3) is 0 Å². The molecule has 0 unspecified atom stereocenters. The lowest BCUT2D eigenvalue weighted by Crippen LogP contribution is -2.59. The quantitative estimate of drug-likeness (QED) is 0.811. The van der Waals surface area contributed by atoms with Gasteiger partial charge in [-0.05, 0) is 49.0 Å². The van der Waals surface area contributed by atoms with Gasteiger partial charge in [0.25, 0.3) is 0 Å². The van der Waals surface area contributed by atoms with E-state index in [2.05, 4.69) is 0 Å². The zero-order valence-corrected chi connectivity index (χ0v) is 11.3. The molecule has 0 aromatic rings. The molecule has 5 heteroatoms. The minimum atomic E-state index is -2.29. The molecule has 2 aliphatic carbocycles. The second-order valence-corrected chi connectivity index (χ2v) is 6.27. The van der Waals surface area contributed by atoms with Gasteiger partial charge in [0.15, 0.2) is 0 Å². The molecule has 5 atom stereocenters. The SMILES string of the molecule is CC[C@@H]1CC[C@H]2[C@H](C[C@@]2(CN)CC(=O)O)[C@H]1C(F)F. The Hall–Kier alpha value is -0.710. The number of fused-ring (bicyclic) bond motifs is 1. The fraction of sp³-hybridized carbons (Fsp3) is 0.929. The van der Waals surface area contributed by atoms with Crippen LogP contribution in [0.1, 0.15) is 39.0 Å². The highest BCUT2D eigenvalue weighted by atomic mass is 19.3. The van der Waals surface area contributed by atoms with Crippen LogP contribution in [0.15, 0.2) is 0 Å². The molecule has 0 heterocycles. The van der Waals surface area contributed by atoms with E-state index in [9.17, 15) is 13.6 Å². The second kappa shape index (κ2) is 5.35. The van der Waals surface area contributed by atoms with Crippen molar-refractivity contribution in [2.24, 2.45) is 34.8 Å². The molecule has 0 aromatic heterocycles. The standard InChI is InChI=1S/C14H23F2NO2/c1-2-8-3-4-10-9(12(8)13(15)16)5-14(10,7-17)6-11(18)19/h8-10,12-13H,2-7,17H2,1H3,(H,18,19)/t8-,9+,10+,12+,14+/m1/s1. The number of carboxylic acid groups (broad SMARTS) is 1. The molecular weight excluding hydrogens is 252 g/mol. The molecule has 0 aliphatic heterocycles. The molecule has 3 nitrogen and oxygen atoms in total. The first-order chi connectivity index (χ1) is 8.95. The van der Waals surface area contributed by atoms with E-state index in [0.29, 0.717) is 13.0 Å². The lowest BCUT2D eigenvalue weighted by molar-refractivity contribution is -0.170. The largest absolute Gasteiger partial charge is 0.481 e. The lowest BCUT2D eigenvalue weighted by Gasteiger charge is -2.61. The Labute approximate surface area is 112 Å². The maximum atomic E-state index is 13.3. The zero-order chi connectivity index (χ0) is 14.2. The van der Waals surface area contributed by atoms with Gasteiger partial charge in [-0.2, -0.15) is 0 Å². The third-order valence-electron chi connectivity index (χ3n) is 5.56. The molecular formula is C14H23F2NO2. The van der Waals surface area contributed by atoms with Crippen molar-refractivity contribution in [3.05, 3.63) is 0 Å². The molecule has 2 aliphatic rings. The molecule has 2 rings (SSSR count). The predicted octanol–water partition coefficient (Wildman–Crippen LogP) is 2.74. The fourth-order valence-electron chi connectivity index (χ4n) is 4.60. The summed E-state index contributed by atoms with van der Waals surface area (Å²) in [5, 5.41) is 9.01. The van der Waals surface area contributed by atoms with Crippen LogP contribution < -0.4 is 5.73 Å². The van der Waals surface area contributed by atoms with Crippen LogP contribution in [0.5, 0.6) is 0 Å². The first-order valence-corrected chi connectivity index (χ1v) is 7.15. The van der Waals surface area contributed by atoms with Gasteiger partial charge < -0.3 is 10.8 Å². The topological polar surface area (TPSA) is 63.3 Å². The van der Waals surface area contributed by atoms with Gasteiger partial charge in [0.05, 0.1) is 6.42 Å². The van der Waals surface area contributed by atoms with E-state index in [4.69, 9.17) is 10.8 Å². The number of hydrogen-bond donors (Lipinski definition) is 2. The second-order valence-electron chi connectivity index (χ2n) is 6.27. The summed E-state index contributed by atoms with van der Waals surface area (Å²) < 4.78 is 26.6. The number of hydrogen-bond acceptors (Lipinski definition) is 2. The number of carbonyl (C=O) groups is 1. The molecule has 0 aromatic carbocycles. The monoisotopic (exact) mass is 275 g/mol. The van der Waals surface area contributed by atoms with Crippen LogP contribution in [0, 0.1) is 29.1 Å². The van der Waals surface area contributed by atoms with Gasteiger partial charge in [-0.3, -0.25) is 4.79 Å². The predicted molar refractivity (Wildman–Crippen MR) is 67.8 cm³/mol. The normalized spacial score (nSPS) is 41.7. The van der Waals surface area contributed by atoms with Gasteiger partial charge in [0.2, 0.25) is 6.43 Å². The van der Waals surface area contributed by atoms with E-state index in [-0.39, 0.29) is 24.2 Å². The van der Waals surface area contributed by atoms with Crippen LogP contribution in [0.4, 0.5) is 8.78 Å². The average Bonchev–Trinajstić information content (AvgIpc) is 2.33. The van der Waals surface area contributed by atoms with Crippen molar-refractivity contribution >= 4 is 5.97 Å². The average molecular weight is 275 g/mol. The van der Waals surface area contributed by atoms with Gasteiger partial charge in [-0.1, -0.05) is 13.3 Å². The maximum absolute atomic E-state index is 13.3. The van der Waals surface area contributed by atoms with Crippen molar-refractivity contribution < 1.29 is 18.7 Å². The maximum Gasteiger partial charge on any atom is 0.303 e. The van der Waals surface area contributed by atoms with Gasteiger partial charge in [-0.25, -0.2) is 8.78 Å². The van der Waals surface area contributed by atoms with Crippen molar-refractivity contribution in [1.82, 2.24) is 0 Å². The van der Waals surface area contributed by atoms with Crippen LogP contribution in [0.2, 0.25) is 0 Å². The van der Waals surface area contributed by atoms with E-state index >= 15 is 0 Å². The Morgan fingerprint density at radius 1 is 1.47 bits per heavy atom. The van der Waals surface area contributed by atoms with Crippen molar-refractivity contribution in [2.75, 3.05) is 6.54 Å². The Bertz CT molecular complexity index is 350. The van der Waals surface area contributed by atoms with Crippen molar-refractivity contribution in [1.29, 1.82) is 0 Å². The van der Waals surface area contributed by atoms with Gasteiger partial charge in [0, 0.05) is 5.92 Å². The summed E-state index contributed by atoms with van der Waals surface area (Å²) in [5.41, 5.74) is 5.33. The molecule has 0 radical (unpaired) electrons. The molecule has 0 amide bonds. The Morgan fingerprint density at radius 2 is 2.16 bits per heavy atom. The van der Waals surface area contributed by atoms with E-state index in [1.54, 1.807) is 0 Å². The summed E-state index contributed by atoms with van der Waals surface area (Å²) in [6, 6.07) is 0. The molecule has 2 saturated carbocycles. The molecule has 0 saturated heterocycles. The first kappa shape index (κ1) is 14.7. The molecule has 0 bridgehead atoms. The van der Waals surface area contributed by atoms with Crippen molar-refractivity contribution in [3.8, 4) is 0 Å². The Morgan fingerprint density at radius 3 is 2.63 bits per heavy atom. The van der Waals surface area contributed by atoms with Crippen LogP contribution >= 0.6 is 0 Å². The minimum absolute atomic E-state index is 0.0252. The van der Waals surface area contributed by atoms with Crippen molar-refractivity contribution in [2.45, 2.75) is 45.5 Å². The third kappa shape index (κ3) is 2.37. The molecule has 2 fully saturated rings. The van der Waals surface area contributed by atoms with Gasteiger partial charge in [-0.15, -0.1) is 0 Å². The smallest absolute Gasteiger partial charge is 0.303 e. The summed E-state index contributed by atoms with van der Waals surface area (Å²) in [6.45, 7) is 2.26. The Kier molecular flexibility index (Phi) is 4.14. The van der Waals surface area contributed by atoms with E-state index in [1.807, 2.05) is 6.92 Å². The van der Waals surface area contributed by atoms with Gasteiger partial charge >= 0.3 is 5.97 Å². The van der Waals surface area contributed by atoms with E-state index in [1.165, 1.54) is 0 Å². The number of alkyl halides is 2. The fourth-order valence-corrected chi connectivity index (χ4v) is 4.60. The number of nitrogens with two attached hydrogens (primary N) is 1. The van der Waals surface area contributed by atoms with Crippen LogP contribution in [-0.4, -0.2) is 24.0 Å². The highest BCUT2D eigenvalue weighted by Crippen LogP contribution is 2.63. The summed E-state index contributed by atoms with van der Waals surface area (Å²) in [4.78, 5) is 11.0. The van der Waals surface area contributed by atoms with E-state index in [0.717, 1.165) is 19.3 Å². The highest BCUT2D eigenvalue weighted by molar-refractivity contribution is 5.68. The first-order valence-electron chi connectivity index (χ1n) is 7.15. The summed E-state index contributed by atoms with van der Waals surface area (Å²) in [6.07, 6.45) is 0.722. The third-order valence-corrected chi connectivity index (χ3v) is 5.56. The highest BCUT2D eigenvalue weighted by Gasteiger charge is 2.60. The summed E-state index contributed by atoms with van der Waals surface area (Å²) in [5.74, 6) is -1.29. The molecule has 19 heavy (non-hydrogen) atoms. The van der Waals surface area contributed by atoms with Crippen molar-refractivity contribution in [3.63, 3.8) is 0 Å². The van der Waals surface area contributed by atoms with Crippen LogP contribution in [-0.2, 0) is 4.79 Å². The Balaban J connectivity index is 2.14. The van der Waals surface area contributed by atoms with Crippen LogP contribution in [0.3, 0.4) is 0 Å². The molecule has 0 spiro atoms. The number of rotatable bonds is 5. The zero-order valence-electron chi connectivity index (χ0n) is 11.3.